The number of methoxy groups -OCH3 is 1. The summed E-state index contributed by atoms with van der Waals surface area (Å²) in [4.78, 5) is 4.44. The summed E-state index contributed by atoms with van der Waals surface area (Å²) in [6.07, 6.45) is 3.83. The third-order valence-corrected chi connectivity index (χ3v) is 2.85. The van der Waals surface area contributed by atoms with Crippen molar-refractivity contribution < 1.29 is 4.74 Å². The van der Waals surface area contributed by atoms with Gasteiger partial charge in [-0.05, 0) is 24.5 Å². The van der Waals surface area contributed by atoms with E-state index in [1.54, 1.807) is 7.11 Å². The van der Waals surface area contributed by atoms with Gasteiger partial charge in [-0.15, -0.1) is 0 Å². The number of aromatic nitrogens is 1. The SMILES string of the molecule is COc1cc(CN)cc(C2CCC2)n1. The first kappa shape index (κ1) is 9.46. The summed E-state index contributed by atoms with van der Waals surface area (Å²) in [5.41, 5.74) is 7.88. The first-order valence-corrected chi connectivity index (χ1v) is 5.08. The molecule has 0 atom stereocenters. The minimum absolute atomic E-state index is 0.554. The molecule has 76 valence electrons. The molecule has 2 rings (SSSR count). The Morgan fingerprint density at radius 3 is 2.79 bits per heavy atom. The molecule has 0 radical (unpaired) electrons. The van der Waals surface area contributed by atoms with E-state index in [9.17, 15) is 0 Å². The zero-order valence-electron chi connectivity index (χ0n) is 8.49. The van der Waals surface area contributed by atoms with Gasteiger partial charge in [0, 0.05) is 24.2 Å². The zero-order valence-corrected chi connectivity index (χ0v) is 8.49. The molecule has 1 aromatic heterocycles. The molecule has 2 N–H and O–H groups in total. The van der Waals surface area contributed by atoms with Crippen molar-refractivity contribution in [2.24, 2.45) is 5.73 Å². The minimum Gasteiger partial charge on any atom is -0.481 e. The highest BCUT2D eigenvalue weighted by Gasteiger charge is 2.21. The van der Waals surface area contributed by atoms with Crippen LogP contribution in [0, 0.1) is 0 Å². The summed E-state index contributed by atoms with van der Waals surface area (Å²) in [7, 11) is 1.65. The lowest BCUT2D eigenvalue weighted by molar-refractivity contribution is 0.378. The van der Waals surface area contributed by atoms with Crippen LogP contribution in [0.3, 0.4) is 0 Å². The van der Waals surface area contributed by atoms with Gasteiger partial charge < -0.3 is 10.5 Å². The molecule has 0 aromatic carbocycles. The molecule has 1 aromatic rings. The Labute approximate surface area is 84.3 Å². The Balaban J connectivity index is 2.28. The van der Waals surface area contributed by atoms with Crippen LogP contribution in [0.2, 0.25) is 0 Å². The summed E-state index contributed by atoms with van der Waals surface area (Å²) in [5.74, 6) is 1.32. The molecular formula is C11H16N2O. The number of pyridine rings is 1. The molecule has 1 aliphatic rings. The van der Waals surface area contributed by atoms with E-state index in [2.05, 4.69) is 11.1 Å². The van der Waals surface area contributed by atoms with E-state index in [4.69, 9.17) is 10.5 Å². The number of hydrogen-bond donors (Lipinski definition) is 1. The Morgan fingerprint density at radius 2 is 2.29 bits per heavy atom. The molecule has 0 saturated heterocycles. The Morgan fingerprint density at radius 1 is 1.50 bits per heavy atom. The van der Waals surface area contributed by atoms with Crippen LogP contribution in [0.25, 0.3) is 0 Å². The predicted molar refractivity (Wildman–Crippen MR) is 55.3 cm³/mol. The molecule has 1 saturated carbocycles. The summed E-state index contributed by atoms with van der Waals surface area (Å²) in [6.45, 7) is 0.554. The maximum Gasteiger partial charge on any atom is 0.213 e. The first-order valence-electron chi connectivity index (χ1n) is 5.08. The van der Waals surface area contributed by atoms with Crippen molar-refractivity contribution in [3.63, 3.8) is 0 Å². The maximum atomic E-state index is 5.62. The van der Waals surface area contributed by atoms with Crippen LogP contribution in [-0.4, -0.2) is 12.1 Å². The third kappa shape index (κ3) is 1.73. The normalized spacial score (nSPS) is 16.4. The van der Waals surface area contributed by atoms with Crippen LogP contribution in [-0.2, 0) is 6.54 Å². The van der Waals surface area contributed by atoms with Crippen LogP contribution in [0.4, 0.5) is 0 Å². The first-order chi connectivity index (χ1) is 6.83. The molecular weight excluding hydrogens is 176 g/mol. The van der Waals surface area contributed by atoms with E-state index in [1.807, 2.05) is 6.07 Å². The largest absolute Gasteiger partial charge is 0.481 e. The lowest BCUT2D eigenvalue weighted by Crippen LogP contribution is -2.12. The second-order valence-electron chi connectivity index (χ2n) is 3.77. The van der Waals surface area contributed by atoms with E-state index >= 15 is 0 Å². The van der Waals surface area contributed by atoms with Gasteiger partial charge in [0.05, 0.1) is 7.11 Å². The van der Waals surface area contributed by atoms with Crippen molar-refractivity contribution in [2.45, 2.75) is 31.7 Å². The second kappa shape index (κ2) is 3.96. The van der Waals surface area contributed by atoms with E-state index < -0.39 is 0 Å². The van der Waals surface area contributed by atoms with Gasteiger partial charge in [0.15, 0.2) is 0 Å². The number of ether oxygens (including phenoxy) is 1. The van der Waals surface area contributed by atoms with Gasteiger partial charge >= 0.3 is 0 Å². The smallest absolute Gasteiger partial charge is 0.213 e. The zero-order chi connectivity index (χ0) is 9.97. The molecule has 14 heavy (non-hydrogen) atoms. The van der Waals surface area contributed by atoms with Gasteiger partial charge in [-0.25, -0.2) is 4.98 Å². The number of nitrogens with zero attached hydrogens (tertiary/aromatic N) is 1. The van der Waals surface area contributed by atoms with Crippen LogP contribution in [0.15, 0.2) is 12.1 Å². The van der Waals surface area contributed by atoms with E-state index in [-0.39, 0.29) is 0 Å². The molecule has 1 aliphatic carbocycles. The summed E-state index contributed by atoms with van der Waals surface area (Å²) in [5, 5.41) is 0. The van der Waals surface area contributed by atoms with Crippen molar-refractivity contribution in [2.75, 3.05) is 7.11 Å². The molecule has 0 bridgehead atoms. The highest BCUT2D eigenvalue weighted by Crippen LogP contribution is 2.36. The van der Waals surface area contributed by atoms with E-state index in [0.717, 1.165) is 11.3 Å². The van der Waals surface area contributed by atoms with Crippen LogP contribution in [0.5, 0.6) is 5.88 Å². The fourth-order valence-electron chi connectivity index (χ4n) is 1.72. The Bertz CT molecular complexity index is 299. The van der Waals surface area contributed by atoms with Gasteiger partial charge in [-0.1, -0.05) is 6.42 Å². The van der Waals surface area contributed by atoms with Crippen LogP contribution in [0.1, 0.15) is 36.4 Å². The quantitative estimate of drug-likeness (QED) is 0.794. The Hall–Kier alpha value is -1.09. The predicted octanol–water partition coefficient (Wildman–Crippen LogP) is 1.82. The molecule has 0 aliphatic heterocycles. The standard InChI is InChI=1S/C11H16N2O/c1-14-11-6-8(7-12)5-10(13-11)9-3-2-4-9/h5-6,9H,2-4,7,12H2,1H3. The average molecular weight is 192 g/mol. The van der Waals surface area contributed by atoms with Gasteiger partial charge in [-0.3, -0.25) is 0 Å². The van der Waals surface area contributed by atoms with Crippen molar-refractivity contribution in [3.05, 3.63) is 23.4 Å². The van der Waals surface area contributed by atoms with E-state index in [0.29, 0.717) is 18.3 Å². The molecule has 3 nitrogen and oxygen atoms in total. The maximum absolute atomic E-state index is 5.62. The molecule has 0 spiro atoms. The van der Waals surface area contributed by atoms with Crippen molar-refractivity contribution in [1.82, 2.24) is 4.98 Å². The number of rotatable bonds is 3. The Kier molecular flexibility index (Phi) is 2.68. The van der Waals surface area contributed by atoms with Gasteiger partial charge in [0.25, 0.3) is 0 Å². The lowest BCUT2D eigenvalue weighted by atomic mass is 9.82. The molecule has 0 amide bonds. The molecule has 1 fully saturated rings. The fraction of sp³-hybridized carbons (Fsp3) is 0.545. The van der Waals surface area contributed by atoms with Gasteiger partial charge in [-0.2, -0.15) is 0 Å². The summed E-state index contributed by atoms with van der Waals surface area (Å²) in [6, 6.07) is 4.01. The van der Waals surface area contributed by atoms with Gasteiger partial charge in [0.2, 0.25) is 5.88 Å². The second-order valence-corrected chi connectivity index (χ2v) is 3.77. The third-order valence-electron chi connectivity index (χ3n) is 2.85. The highest BCUT2D eigenvalue weighted by atomic mass is 16.5. The lowest BCUT2D eigenvalue weighted by Gasteiger charge is -2.25. The summed E-state index contributed by atoms with van der Waals surface area (Å²) < 4.78 is 5.15. The van der Waals surface area contributed by atoms with E-state index in [1.165, 1.54) is 19.3 Å². The topological polar surface area (TPSA) is 48.1 Å². The van der Waals surface area contributed by atoms with Gasteiger partial charge in [0.1, 0.15) is 0 Å². The van der Waals surface area contributed by atoms with Crippen LogP contribution < -0.4 is 10.5 Å². The fourth-order valence-corrected chi connectivity index (χ4v) is 1.72. The highest BCUT2D eigenvalue weighted by molar-refractivity contribution is 5.27. The number of nitrogens with two attached hydrogens (primary N) is 1. The molecule has 1 heterocycles. The molecule has 3 heteroatoms. The van der Waals surface area contributed by atoms with Crippen LogP contribution >= 0.6 is 0 Å². The van der Waals surface area contributed by atoms with Crippen molar-refractivity contribution in [3.8, 4) is 5.88 Å². The number of hydrogen-bond acceptors (Lipinski definition) is 3. The molecule has 0 unspecified atom stereocenters. The van der Waals surface area contributed by atoms with Crippen molar-refractivity contribution in [1.29, 1.82) is 0 Å². The minimum atomic E-state index is 0.554. The summed E-state index contributed by atoms with van der Waals surface area (Å²) >= 11 is 0. The monoisotopic (exact) mass is 192 g/mol. The average Bonchev–Trinajstić information content (AvgIpc) is 2.14. The van der Waals surface area contributed by atoms with Crippen molar-refractivity contribution >= 4 is 0 Å².